The second-order valence-electron chi connectivity index (χ2n) is 5.17. The van der Waals surface area contributed by atoms with Crippen molar-refractivity contribution in [2.24, 2.45) is 0 Å². The molecule has 0 aliphatic rings. The van der Waals surface area contributed by atoms with E-state index < -0.39 is 0 Å². The van der Waals surface area contributed by atoms with Crippen molar-refractivity contribution < 1.29 is 14.1 Å². The first-order valence-electron chi connectivity index (χ1n) is 7.30. The zero-order valence-corrected chi connectivity index (χ0v) is 14.9. The topological polar surface area (TPSA) is 84.2 Å². The molecule has 0 radical (unpaired) electrons. The van der Waals surface area contributed by atoms with Crippen LogP contribution in [0.2, 0.25) is 5.02 Å². The van der Waals surface area contributed by atoms with Crippen molar-refractivity contribution >= 4 is 41.0 Å². The van der Waals surface area contributed by atoms with Crippen molar-refractivity contribution in [2.45, 2.75) is 19.9 Å². The lowest BCUT2D eigenvalue weighted by Crippen LogP contribution is -2.29. The molecule has 0 fully saturated rings. The van der Waals surface area contributed by atoms with Gasteiger partial charge in [-0.1, -0.05) is 35.0 Å². The Morgan fingerprint density at radius 2 is 2.00 bits per heavy atom. The van der Waals surface area contributed by atoms with Gasteiger partial charge < -0.3 is 15.2 Å². The van der Waals surface area contributed by atoms with E-state index in [1.54, 1.807) is 19.1 Å². The van der Waals surface area contributed by atoms with Gasteiger partial charge >= 0.3 is 0 Å². The summed E-state index contributed by atoms with van der Waals surface area (Å²) in [5, 5.41) is 9.74. The predicted molar refractivity (Wildman–Crippen MR) is 95.2 cm³/mol. The van der Waals surface area contributed by atoms with Gasteiger partial charge in [-0.2, -0.15) is 0 Å². The Morgan fingerprint density at radius 1 is 1.29 bits per heavy atom. The summed E-state index contributed by atoms with van der Waals surface area (Å²) in [5.74, 6) is 0.929. The molecule has 128 valence electrons. The first kappa shape index (κ1) is 18.4. The number of hydrogen-bond acceptors (Lipinski definition) is 5. The van der Waals surface area contributed by atoms with Gasteiger partial charge in [0.2, 0.25) is 11.8 Å². The number of anilines is 1. The van der Waals surface area contributed by atoms with E-state index in [0.717, 1.165) is 5.56 Å². The number of nitrogens with one attached hydrogen (secondary N) is 2. The maximum atomic E-state index is 11.9. The fraction of sp³-hybridized carbons (Fsp3) is 0.312. The van der Waals surface area contributed by atoms with Crippen molar-refractivity contribution in [3.05, 3.63) is 46.7 Å². The summed E-state index contributed by atoms with van der Waals surface area (Å²) in [6.45, 7) is 3.60. The average Bonchev–Trinajstić information content (AvgIpc) is 2.92. The smallest absolute Gasteiger partial charge is 0.235 e. The van der Waals surface area contributed by atoms with Gasteiger partial charge in [0.15, 0.2) is 5.82 Å². The van der Waals surface area contributed by atoms with Crippen LogP contribution in [-0.2, 0) is 9.59 Å². The largest absolute Gasteiger partial charge is 0.360 e. The van der Waals surface area contributed by atoms with Crippen LogP contribution in [0.25, 0.3) is 0 Å². The molecule has 1 aromatic carbocycles. The fourth-order valence-corrected chi connectivity index (χ4v) is 2.96. The zero-order valence-electron chi connectivity index (χ0n) is 13.3. The molecule has 1 aromatic heterocycles. The monoisotopic (exact) mass is 367 g/mol. The van der Waals surface area contributed by atoms with Crippen LogP contribution < -0.4 is 10.6 Å². The molecule has 0 saturated carbocycles. The molecular formula is C16H18ClN3O3S. The maximum Gasteiger partial charge on any atom is 0.235 e. The van der Waals surface area contributed by atoms with E-state index in [2.05, 4.69) is 15.8 Å². The lowest BCUT2D eigenvalue weighted by Gasteiger charge is -2.15. The SMILES string of the molecule is Cc1cc(NC(=O)CSCC(=O)NC(C)c2ccccc2Cl)no1. The van der Waals surface area contributed by atoms with Crippen LogP contribution in [0, 0.1) is 6.92 Å². The third kappa shape index (κ3) is 5.58. The number of amides is 2. The van der Waals surface area contributed by atoms with Crippen LogP contribution in [0.4, 0.5) is 5.82 Å². The Kier molecular flexibility index (Phi) is 6.69. The van der Waals surface area contributed by atoms with E-state index in [-0.39, 0.29) is 29.4 Å². The molecule has 0 aliphatic carbocycles. The summed E-state index contributed by atoms with van der Waals surface area (Å²) < 4.78 is 4.86. The van der Waals surface area contributed by atoms with Gasteiger partial charge in [-0.05, 0) is 25.5 Å². The van der Waals surface area contributed by atoms with E-state index in [1.807, 2.05) is 25.1 Å². The highest BCUT2D eigenvalue weighted by molar-refractivity contribution is 8.00. The molecule has 0 spiro atoms. The van der Waals surface area contributed by atoms with Crippen molar-refractivity contribution in [1.82, 2.24) is 10.5 Å². The molecule has 1 heterocycles. The van der Waals surface area contributed by atoms with Crippen LogP contribution >= 0.6 is 23.4 Å². The highest BCUT2D eigenvalue weighted by Crippen LogP contribution is 2.22. The van der Waals surface area contributed by atoms with Crippen LogP contribution in [0.3, 0.4) is 0 Å². The number of aromatic nitrogens is 1. The van der Waals surface area contributed by atoms with Crippen molar-refractivity contribution in [3.63, 3.8) is 0 Å². The summed E-state index contributed by atoms with van der Waals surface area (Å²) in [4.78, 5) is 23.7. The first-order chi connectivity index (χ1) is 11.5. The summed E-state index contributed by atoms with van der Waals surface area (Å²) in [6, 6.07) is 8.79. The minimum absolute atomic E-state index is 0.153. The standard InChI is InChI=1S/C16H18ClN3O3S/c1-10-7-14(20-23-10)19-16(22)9-24-8-15(21)18-11(2)12-5-3-4-6-13(12)17/h3-7,11H,8-9H2,1-2H3,(H,18,21)(H,19,20,22). The molecule has 0 saturated heterocycles. The van der Waals surface area contributed by atoms with Crippen LogP contribution in [-0.4, -0.2) is 28.5 Å². The Bertz CT molecular complexity index is 720. The Morgan fingerprint density at radius 3 is 2.67 bits per heavy atom. The normalized spacial score (nSPS) is 11.8. The zero-order chi connectivity index (χ0) is 17.5. The quantitative estimate of drug-likeness (QED) is 0.785. The highest BCUT2D eigenvalue weighted by Gasteiger charge is 2.13. The minimum Gasteiger partial charge on any atom is -0.360 e. The maximum absolute atomic E-state index is 11.9. The van der Waals surface area contributed by atoms with E-state index in [9.17, 15) is 9.59 Å². The van der Waals surface area contributed by atoms with Gasteiger partial charge in [-0.15, -0.1) is 11.8 Å². The summed E-state index contributed by atoms with van der Waals surface area (Å²) in [6.07, 6.45) is 0. The minimum atomic E-state index is -0.236. The number of rotatable bonds is 7. The van der Waals surface area contributed by atoms with Crippen LogP contribution in [0.15, 0.2) is 34.9 Å². The molecule has 24 heavy (non-hydrogen) atoms. The molecule has 2 aromatic rings. The molecule has 6 nitrogen and oxygen atoms in total. The first-order valence-corrected chi connectivity index (χ1v) is 8.83. The van der Waals surface area contributed by atoms with E-state index in [0.29, 0.717) is 16.6 Å². The van der Waals surface area contributed by atoms with Crippen LogP contribution in [0.1, 0.15) is 24.3 Å². The number of halogens is 1. The lowest BCUT2D eigenvalue weighted by atomic mass is 10.1. The van der Waals surface area contributed by atoms with Gasteiger partial charge in [-0.25, -0.2) is 0 Å². The Hall–Kier alpha value is -1.99. The number of thioether (sulfide) groups is 1. The molecule has 2 rings (SSSR count). The van der Waals surface area contributed by atoms with Gasteiger partial charge in [-0.3, -0.25) is 9.59 Å². The lowest BCUT2D eigenvalue weighted by molar-refractivity contribution is -0.119. The molecule has 2 N–H and O–H groups in total. The summed E-state index contributed by atoms with van der Waals surface area (Å²) >= 11 is 7.33. The molecule has 2 amide bonds. The Labute approximate surface area is 149 Å². The van der Waals surface area contributed by atoms with E-state index >= 15 is 0 Å². The fourth-order valence-electron chi connectivity index (χ4n) is 2.03. The molecular weight excluding hydrogens is 350 g/mol. The Balaban J connectivity index is 1.71. The molecule has 1 atom stereocenters. The number of hydrogen-bond donors (Lipinski definition) is 2. The molecule has 0 aliphatic heterocycles. The second-order valence-corrected chi connectivity index (χ2v) is 6.57. The summed E-state index contributed by atoms with van der Waals surface area (Å²) in [7, 11) is 0. The van der Waals surface area contributed by atoms with Gasteiger partial charge in [0, 0.05) is 11.1 Å². The molecule has 1 unspecified atom stereocenters. The highest BCUT2D eigenvalue weighted by atomic mass is 35.5. The average molecular weight is 368 g/mol. The predicted octanol–water partition coefficient (Wildman–Crippen LogP) is 3.19. The summed E-state index contributed by atoms with van der Waals surface area (Å²) in [5.41, 5.74) is 0.858. The molecule has 8 heteroatoms. The van der Waals surface area contributed by atoms with Crippen molar-refractivity contribution in [3.8, 4) is 0 Å². The second kappa shape index (κ2) is 8.75. The van der Waals surface area contributed by atoms with Crippen LogP contribution in [0.5, 0.6) is 0 Å². The number of aryl methyl sites for hydroxylation is 1. The third-order valence-electron chi connectivity index (χ3n) is 3.11. The van der Waals surface area contributed by atoms with Crippen molar-refractivity contribution in [1.29, 1.82) is 0 Å². The number of carbonyl (C=O) groups is 2. The third-order valence-corrected chi connectivity index (χ3v) is 4.39. The number of carbonyl (C=O) groups excluding carboxylic acids is 2. The molecule has 0 bridgehead atoms. The number of nitrogens with zero attached hydrogens (tertiary/aromatic N) is 1. The number of benzene rings is 1. The van der Waals surface area contributed by atoms with Gasteiger partial charge in [0.1, 0.15) is 5.76 Å². The van der Waals surface area contributed by atoms with Gasteiger partial charge in [0.05, 0.1) is 17.5 Å². The van der Waals surface area contributed by atoms with Crippen molar-refractivity contribution in [2.75, 3.05) is 16.8 Å². The van der Waals surface area contributed by atoms with E-state index in [4.69, 9.17) is 16.1 Å². The van der Waals surface area contributed by atoms with E-state index in [1.165, 1.54) is 11.8 Å². The van der Waals surface area contributed by atoms with Gasteiger partial charge in [0.25, 0.3) is 0 Å².